The highest BCUT2D eigenvalue weighted by Gasteiger charge is 2.19. The Balaban J connectivity index is 3.95. The van der Waals surface area contributed by atoms with Crippen LogP contribution in [-0.4, -0.2) is 30.3 Å². The molecule has 0 spiro atoms. The molecule has 0 aliphatic heterocycles. The van der Waals surface area contributed by atoms with E-state index in [0.717, 1.165) is 38.5 Å². The summed E-state index contributed by atoms with van der Waals surface area (Å²) in [5, 5.41) is -0.0973. The minimum atomic E-state index is -0.306. The summed E-state index contributed by atoms with van der Waals surface area (Å²) in [4.78, 5) is 11.9. The first-order valence-electron chi connectivity index (χ1n) is 7.10. The topological polar surface area (TPSA) is 26.3 Å². The van der Waals surface area contributed by atoms with Gasteiger partial charge in [0.2, 0.25) is 0 Å². The molecule has 0 radical (unpaired) electrons. The molecule has 0 bridgehead atoms. The quantitative estimate of drug-likeness (QED) is 0.391. The Morgan fingerprint density at radius 2 is 1.89 bits per heavy atom. The van der Waals surface area contributed by atoms with Gasteiger partial charge in [0, 0.05) is 0 Å². The van der Waals surface area contributed by atoms with Crippen molar-refractivity contribution in [2.24, 2.45) is 0 Å². The summed E-state index contributed by atoms with van der Waals surface area (Å²) in [5.41, 5.74) is 0. The minimum absolute atomic E-state index is 0.0973. The van der Waals surface area contributed by atoms with Crippen LogP contribution in [-0.2, 0) is 9.53 Å². The van der Waals surface area contributed by atoms with Gasteiger partial charge in [-0.3, -0.25) is 9.18 Å². The number of halogens is 1. The first-order valence-corrected chi connectivity index (χ1v) is 8.15. The Kier molecular flexibility index (Phi) is 13.0. The molecule has 1 atom stereocenters. The maximum Gasteiger partial charge on any atom is 0.319 e. The molecule has 0 saturated carbocycles. The zero-order valence-corrected chi connectivity index (χ0v) is 12.6. The fourth-order valence-corrected chi connectivity index (χ4v) is 2.64. The third kappa shape index (κ3) is 9.75. The van der Waals surface area contributed by atoms with Crippen LogP contribution in [0.3, 0.4) is 0 Å². The number of carbonyl (C=O) groups excluding carboxylic acids is 1. The molecule has 0 aromatic carbocycles. The Morgan fingerprint density at radius 3 is 2.50 bits per heavy atom. The van der Waals surface area contributed by atoms with Crippen LogP contribution in [0.4, 0.5) is 4.39 Å². The lowest BCUT2D eigenvalue weighted by atomic mass is 10.1. The molecule has 2 nitrogen and oxygen atoms in total. The van der Waals surface area contributed by atoms with Gasteiger partial charge in [0.15, 0.2) is 0 Å². The van der Waals surface area contributed by atoms with Crippen LogP contribution in [0.1, 0.15) is 58.8 Å². The van der Waals surface area contributed by atoms with Gasteiger partial charge in [0.1, 0.15) is 5.25 Å². The molecule has 108 valence electrons. The van der Waals surface area contributed by atoms with Gasteiger partial charge in [-0.25, -0.2) is 0 Å². The highest BCUT2D eigenvalue weighted by molar-refractivity contribution is 8.00. The number of hydrogen-bond acceptors (Lipinski definition) is 3. The molecule has 0 saturated heterocycles. The average Bonchev–Trinajstić information content (AvgIpc) is 2.37. The smallest absolute Gasteiger partial charge is 0.319 e. The van der Waals surface area contributed by atoms with Crippen molar-refractivity contribution in [2.75, 3.05) is 19.0 Å². The molecule has 18 heavy (non-hydrogen) atoms. The number of unbranched alkanes of at least 4 members (excludes halogenated alkanes) is 3. The summed E-state index contributed by atoms with van der Waals surface area (Å²) < 4.78 is 17.3. The summed E-state index contributed by atoms with van der Waals surface area (Å²) >= 11 is 1.55. The molecule has 0 fully saturated rings. The summed E-state index contributed by atoms with van der Waals surface area (Å²) in [6, 6.07) is 0. The largest absolute Gasteiger partial charge is 0.465 e. The fraction of sp³-hybridized carbons (Fsp3) is 0.929. The van der Waals surface area contributed by atoms with E-state index < -0.39 is 0 Å². The zero-order chi connectivity index (χ0) is 13.6. The molecule has 1 unspecified atom stereocenters. The molecular weight excluding hydrogens is 251 g/mol. The van der Waals surface area contributed by atoms with Gasteiger partial charge >= 0.3 is 5.97 Å². The predicted molar refractivity (Wildman–Crippen MR) is 76.8 cm³/mol. The van der Waals surface area contributed by atoms with Crippen molar-refractivity contribution in [1.29, 1.82) is 0 Å². The van der Waals surface area contributed by atoms with E-state index in [1.165, 1.54) is 0 Å². The highest BCUT2D eigenvalue weighted by atomic mass is 32.2. The van der Waals surface area contributed by atoms with E-state index in [-0.39, 0.29) is 17.9 Å². The van der Waals surface area contributed by atoms with Gasteiger partial charge < -0.3 is 4.74 Å². The molecule has 0 heterocycles. The van der Waals surface area contributed by atoms with Crippen LogP contribution in [0.15, 0.2) is 0 Å². The van der Waals surface area contributed by atoms with Crippen LogP contribution >= 0.6 is 11.8 Å². The molecule has 4 heteroatoms. The maximum absolute atomic E-state index is 12.1. The summed E-state index contributed by atoms with van der Waals surface area (Å²) in [6.45, 7) is 4.43. The van der Waals surface area contributed by atoms with Crippen molar-refractivity contribution in [3.05, 3.63) is 0 Å². The van der Waals surface area contributed by atoms with Crippen molar-refractivity contribution in [3.63, 3.8) is 0 Å². The van der Waals surface area contributed by atoms with Crippen molar-refractivity contribution in [3.8, 4) is 0 Å². The van der Waals surface area contributed by atoms with Gasteiger partial charge in [-0.2, -0.15) is 0 Å². The van der Waals surface area contributed by atoms with E-state index in [0.29, 0.717) is 18.8 Å². The van der Waals surface area contributed by atoms with E-state index in [4.69, 9.17) is 4.74 Å². The van der Waals surface area contributed by atoms with Crippen LogP contribution in [0, 0.1) is 0 Å². The third-order valence-corrected chi connectivity index (χ3v) is 4.03. The Hall–Kier alpha value is -0.250. The first kappa shape index (κ1) is 17.8. The lowest BCUT2D eigenvalue weighted by Crippen LogP contribution is -2.21. The van der Waals surface area contributed by atoms with E-state index in [9.17, 15) is 9.18 Å². The minimum Gasteiger partial charge on any atom is -0.465 e. The standard InChI is InChI=1S/C14H27FO2S/c1-3-5-7-9-13(18-12-8-10-15)14(16)17-11-6-4-2/h13H,3-12H2,1-2H3. The number of ether oxygens (including phenoxy) is 1. The van der Waals surface area contributed by atoms with Gasteiger partial charge in [-0.05, 0) is 25.0 Å². The third-order valence-electron chi connectivity index (χ3n) is 2.67. The number of hydrogen-bond donors (Lipinski definition) is 0. The Morgan fingerprint density at radius 1 is 1.17 bits per heavy atom. The van der Waals surface area contributed by atoms with Crippen LogP contribution in [0.25, 0.3) is 0 Å². The Labute approximate surface area is 115 Å². The summed E-state index contributed by atoms with van der Waals surface area (Å²) in [7, 11) is 0. The lowest BCUT2D eigenvalue weighted by molar-refractivity contribution is -0.143. The van der Waals surface area contributed by atoms with Crippen LogP contribution in [0.5, 0.6) is 0 Å². The van der Waals surface area contributed by atoms with E-state index in [2.05, 4.69) is 13.8 Å². The van der Waals surface area contributed by atoms with Crippen LogP contribution < -0.4 is 0 Å². The second-order valence-corrected chi connectivity index (χ2v) is 5.73. The number of esters is 1. The van der Waals surface area contributed by atoms with Gasteiger partial charge in [0.05, 0.1) is 13.3 Å². The molecule has 0 amide bonds. The molecule has 0 rings (SSSR count). The van der Waals surface area contributed by atoms with Crippen LogP contribution in [0.2, 0.25) is 0 Å². The molecule has 0 N–H and O–H groups in total. The predicted octanol–water partition coefficient (Wildman–Crippen LogP) is 4.37. The summed E-state index contributed by atoms with van der Waals surface area (Å²) in [6.07, 6.45) is 6.67. The molecule has 0 aromatic heterocycles. The average molecular weight is 278 g/mol. The molecule has 0 aliphatic rings. The first-order chi connectivity index (χ1) is 8.76. The van der Waals surface area contributed by atoms with E-state index in [1.807, 2.05) is 0 Å². The van der Waals surface area contributed by atoms with Crippen molar-refractivity contribution in [2.45, 2.75) is 64.0 Å². The monoisotopic (exact) mass is 278 g/mol. The maximum atomic E-state index is 12.1. The number of thioether (sulfide) groups is 1. The van der Waals surface area contributed by atoms with Gasteiger partial charge in [0.25, 0.3) is 0 Å². The van der Waals surface area contributed by atoms with Gasteiger partial charge in [-0.1, -0.05) is 39.5 Å². The van der Waals surface area contributed by atoms with Crippen molar-refractivity contribution < 1.29 is 13.9 Å². The SMILES string of the molecule is CCCCCC(SCCCF)C(=O)OCCCC. The molecule has 0 aromatic rings. The van der Waals surface area contributed by atoms with Gasteiger partial charge in [-0.15, -0.1) is 11.8 Å². The molecular formula is C14H27FO2S. The van der Waals surface area contributed by atoms with Crippen molar-refractivity contribution >= 4 is 17.7 Å². The number of rotatable bonds is 12. The van der Waals surface area contributed by atoms with Crippen molar-refractivity contribution in [1.82, 2.24) is 0 Å². The normalized spacial score (nSPS) is 12.4. The number of alkyl halides is 1. The highest BCUT2D eigenvalue weighted by Crippen LogP contribution is 2.20. The Bertz CT molecular complexity index is 190. The number of carbonyl (C=O) groups is 1. The lowest BCUT2D eigenvalue weighted by Gasteiger charge is -2.15. The molecule has 0 aliphatic carbocycles. The second-order valence-electron chi connectivity index (χ2n) is 4.42. The fourth-order valence-electron chi connectivity index (χ4n) is 1.54. The zero-order valence-electron chi connectivity index (χ0n) is 11.8. The van der Waals surface area contributed by atoms with E-state index in [1.54, 1.807) is 11.8 Å². The van der Waals surface area contributed by atoms with E-state index >= 15 is 0 Å². The summed E-state index contributed by atoms with van der Waals surface area (Å²) in [5.74, 6) is 0.597. The second kappa shape index (κ2) is 13.2.